The highest BCUT2D eigenvalue weighted by atomic mass is 16.5. The standard InChI is InChI=1S/C26H29N3O2/c1-20(28-15-17-29(18-16-28)22-11-8-12-23(19-22)31-2)26(30)27-25-14-7-6-13-24(25)21-9-4-3-5-10-21/h3-14,19-20H,15-18H2,1-2H3,(H,27,30). The van der Waals surface area contributed by atoms with Gasteiger partial charge in [0.1, 0.15) is 5.75 Å². The maximum atomic E-state index is 13.0. The summed E-state index contributed by atoms with van der Waals surface area (Å²) >= 11 is 0. The van der Waals surface area contributed by atoms with Crippen LogP contribution in [0.1, 0.15) is 6.92 Å². The number of anilines is 2. The average molecular weight is 416 g/mol. The predicted octanol–water partition coefficient (Wildman–Crippen LogP) is 4.51. The molecule has 1 aliphatic rings. The molecular weight excluding hydrogens is 386 g/mol. The Morgan fingerprint density at radius 1 is 0.903 bits per heavy atom. The van der Waals surface area contributed by atoms with E-state index in [0.717, 1.165) is 54.4 Å². The lowest BCUT2D eigenvalue weighted by molar-refractivity contribution is -0.120. The number of carbonyl (C=O) groups excluding carboxylic acids is 1. The largest absolute Gasteiger partial charge is 0.497 e. The Hall–Kier alpha value is -3.31. The molecule has 1 amide bonds. The molecule has 5 heteroatoms. The number of amides is 1. The molecule has 4 rings (SSSR count). The molecule has 0 aromatic heterocycles. The van der Waals surface area contributed by atoms with Crippen LogP contribution in [0.2, 0.25) is 0 Å². The van der Waals surface area contributed by atoms with Crippen molar-refractivity contribution in [3.05, 3.63) is 78.9 Å². The minimum Gasteiger partial charge on any atom is -0.497 e. The molecule has 0 radical (unpaired) electrons. The van der Waals surface area contributed by atoms with Crippen molar-refractivity contribution >= 4 is 17.3 Å². The van der Waals surface area contributed by atoms with Crippen LogP contribution < -0.4 is 15.0 Å². The van der Waals surface area contributed by atoms with Gasteiger partial charge in [-0.05, 0) is 30.7 Å². The molecule has 3 aromatic rings. The first kappa shape index (κ1) is 20.9. The van der Waals surface area contributed by atoms with Gasteiger partial charge in [0, 0.05) is 49.2 Å². The molecule has 0 saturated carbocycles. The van der Waals surface area contributed by atoms with E-state index in [1.165, 1.54) is 0 Å². The van der Waals surface area contributed by atoms with Crippen LogP contribution in [-0.4, -0.2) is 50.1 Å². The molecule has 31 heavy (non-hydrogen) atoms. The third kappa shape index (κ3) is 4.89. The molecular formula is C26H29N3O2. The minimum atomic E-state index is -0.198. The Balaban J connectivity index is 1.39. The van der Waals surface area contributed by atoms with E-state index in [9.17, 15) is 4.79 Å². The van der Waals surface area contributed by atoms with Crippen molar-refractivity contribution in [1.82, 2.24) is 4.90 Å². The van der Waals surface area contributed by atoms with Crippen molar-refractivity contribution < 1.29 is 9.53 Å². The topological polar surface area (TPSA) is 44.8 Å². The maximum Gasteiger partial charge on any atom is 0.241 e. The van der Waals surface area contributed by atoms with Gasteiger partial charge in [-0.2, -0.15) is 0 Å². The SMILES string of the molecule is COc1cccc(N2CCN(C(C)C(=O)Nc3ccccc3-c3ccccc3)CC2)c1. The Labute approximate surface area is 184 Å². The third-order valence-corrected chi connectivity index (χ3v) is 5.93. The van der Waals surface area contributed by atoms with Crippen molar-refractivity contribution in [3.63, 3.8) is 0 Å². The molecule has 1 aliphatic heterocycles. The average Bonchev–Trinajstić information content (AvgIpc) is 2.84. The van der Waals surface area contributed by atoms with E-state index in [-0.39, 0.29) is 11.9 Å². The van der Waals surface area contributed by atoms with Gasteiger partial charge in [-0.1, -0.05) is 54.6 Å². The number of hydrogen-bond donors (Lipinski definition) is 1. The van der Waals surface area contributed by atoms with Crippen molar-refractivity contribution in [2.75, 3.05) is 43.5 Å². The first-order valence-electron chi connectivity index (χ1n) is 10.7. The number of para-hydroxylation sites is 1. The van der Waals surface area contributed by atoms with E-state index in [4.69, 9.17) is 4.74 Å². The number of piperazine rings is 1. The number of rotatable bonds is 6. The zero-order chi connectivity index (χ0) is 21.6. The summed E-state index contributed by atoms with van der Waals surface area (Å²) in [5.74, 6) is 0.892. The van der Waals surface area contributed by atoms with Gasteiger partial charge >= 0.3 is 0 Å². The monoisotopic (exact) mass is 415 g/mol. The second-order valence-corrected chi connectivity index (χ2v) is 7.80. The van der Waals surface area contributed by atoms with Gasteiger partial charge in [0.2, 0.25) is 5.91 Å². The number of carbonyl (C=O) groups is 1. The van der Waals surface area contributed by atoms with E-state index in [1.807, 2.05) is 61.5 Å². The van der Waals surface area contributed by atoms with Crippen molar-refractivity contribution in [2.24, 2.45) is 0 Å². The Kier molecular flexibility index (Phi) is 6.53. The summed E-state index contributed by atoms with van der Waals surface area (Å²) in [4.78, 5) is 17.6. The van der Waals surface area contributed by atoms with E-state index in [1.54, 1.807) is 7.11 Å². The van der Waals surface area contributed by atoms with Crippen LogP contribution in [0.4, 0.5) is 11.4 Å². The fourth-order valence-electron chi connectivity index (χ4n) is 4.04. The summed E-state index contributed by atoms with van der Waals surface area (Å²) in [6.07, 6.45) is 0. The minimum absolute atomic E-state index is 0.0261. The summed E-state index contributed by atoms with van der Waals surface area (Å²) in [6.45, 7) is 5.43. The van der Waals surface area contributed by atoms with Crippen molar-refractivity contribution in [3.8, 4) is 16.9 Å². The lowest BCUT2D eigenvalue weighted by atomic mass is 10.0. The number of methoxy groups -OCH3 is 1. The van der Waals surface area contributed by atoms with Gasteiger partial charge in [-0.25, -0.2) is 0 Å². The fraction of sp³-hybridized carbons (Fsp3) is 0.269. The zero-order valence-corrected chi connectivity index (χ0v) is 18.1. The van der Waals surface area contributed by atoms with E-state index in [2.05, 4.69) is 39.4 Å². The van der Waals surface area contributed by atoms with Crippen LogP contribution in [0, 0.1) is 0 Å². The summed E-state index contributed by atoms with van der Waals surface area (Å²) in [7, 11) is 1.69. The Morgan fingerprint density at radius 3 is 2.35 bits per heavy atom. The molecule has 3 aromatic carbocycles. The molecule has 160 valence electrons. The van der Waals surface area contributed by atoms with Crippen LogP contribution >= 0.6 is 0 Å². The fourth-order valence-corrected chi connectivity index (χ4v) is 4.04. The first-order chi connectivity index (χ1) is 15.2. The summed E-state index contributed by atoms with van der Waals surface area (Å²) in [5.41, 5.74) is 4.14. The zero-order valence-electron chi connectivity index (χ0n) is 18.1. The highest BCUT2D eigenvalue weighted by Gasteiger charge is 2.26. The molecule has 1 fully saturated rings. The van der Waals surface area contributed by atoms with E-state index in [0.29, 0.717) is 0 Å². The lowest BCUT2D eigenvalue weighted by Gasteiger charge is -2.38. The van der Waals surface area contributed by atoms with Crippen LogP contribution in [0.5, 0.6) is 5.75 Å². The number of hydrogen-bond acceptors (Lipinski definition) is 4. The van der Waals surface area contributed by atoms with Crippen LogP contribution in [0.25, 0.3) is 11.1 Å². The van der Waals surface area contributed by atoms with Crippen LogP contribution in [0.15, 0.2) is 78.9 Å². The summed E-state index contributed by atoms with van der Waals surface area (Å²) in [6, 6.07) is 26.1. The van der Waals surface area contributed by atoms with E-state index >= 15 is 0 Å². The quantitative estimate of drug-likeness (QED) is 0.643. The van der Waals surface area contributed by atoms with Crippen molar-refractivity contribution in [1.29, 1.82) is 0 Å². The van der Waals surface area contributed by atoms with Crippen LogP contribution in [0.3, 0.4) is 0 Å². The highest BCUT2D eigenvalue weighted by molar-refractivity contribution is 5.98. The maximum absolute atomic E-state index is 13.0. The Morgan fingerprint density at radius 2 is 1.61 bits per heavy atom. The number of ether oxygens (including phenoxy) is 1. The molecule has 1 unspecified atom stereocenters. The summed E-state index contributed by atoms with van der Waals surface area (Å²) in [5, 5.41) is 3.15. The molecule has 0 aliphatic carbocycles. The molecule has 1 N–H and O–H groups in total. The van der Waals surface area contributed by atoms with Gasteiger partial charge in [0.05, 0.1) is 13.2 Å². The molecule has 1 saturated heterocycles. The van der Waals surface area contributed by atoms with Gasteiger partial charge in [0.15, 0.2) is 0 Å². The number of benzene rings is 3. The van der Waals surface area contributed by atoms with Crippen LogP contribution in [-0.2, 0) is 4.79 Å². The van der Waals surface area contributed by atoms with Gasteiger partial charge in [-0.15, -0.1) is 0 Å². The normalized spacial score (nSPS) is 15.4. The number of nitrogens with zero attached hydrogens (tertiary/aromatic N) is 2. The summed E-state index contributed by atoms with van der Waals surface area (Å²) < 4.78 is 5.34. The first-order valence-corrected chi connectivity index (χ1v) is 10.7. The van der Waals surface area contributed by atoms with Gasteiger partial charge in [0.25, 0.3) is 0 Å². The molecule has 0 spiro atoms. The predicted molar refractivity (Wildman–Crippen MR) is 127 cm³/mol. The molecule has 5 nitrogen and oxygen atoms in total. The van der Waals surface area contributed by atoms with E-state index < -0.39 is 0 Å². The second kappa shape index (κ2) is 9.67. The molecule has 1 heterocycles. The Bertz CT molecular complexity index is 1010. The molecule has 1 atom stereocenters. The van der Waals surface area contributed by atoms with Gasteiger partial charge in [-0.3, -0.25) is 9.69 Å². The highest BCUT2D eigenvalue weighted by Crippen LogP contribution is 2.28. The second-order valence-electron chi connectivity index (χ2n) is 7.80. The third-order valence-electron chi connectivity index (χ3n) is 5.93. The number of nitrogens with one attached hydrogen (secondary N) is 1. The van der Waals surface area contributed by atoms with Crippen molar-refractivity contribution in [2.45, 2.75) is 13.0 Å². The molecule has 0 bridgehead atoms. The smallest absolute Gasteiger partial charge is 0.241 e. The lowest BCUT2D eigenvalue weighted by Crippen LogP contribution is -2.52. The van der Waals surface area contributed by atoms with Gasteiger partial charge < -0.3 is 15.0 Å².